The van der Waals surface area contributed by atoms with Gasteiger partial charge in [-0.1, -0.05) is 13.8 Å². The van der Waals surface area contributed by atoms with E-state index in [1.54, 1.807) is 0 Å². The highest BCUT2D eigenvalue weighted by molar-refractivity contribution is 4.89. The molecular weight excluding hydrogens is 198 g/mol. The zero-order valence-electron chi connectivity index (χ0n) is 11.1. The molecule has 2 heteroatoms. The van der Waals surface area contributed by atoms with Crippen molar-refractivity contribution in [2.24, 2.45) is 5.41 Å². The van der Waals surface area contributed by atoms with Crippen LogP contribution in [0.2, 0.25) is 0 Å². The average Bonchev–Trinajstić information content (AvgIpc) is 2.59. The summed E-state index contributed by atoms with van der Waals surface area (Å²) >= 11 is 0. The van der Waals surface area contributed by atoms with Gasteiger partial charge in [-0.2, -0.15) is 0 Å². The van der Waals surface area contributed by atoms with E-state index in [2.05, 4.69) is 19.2 Å². The van der Waals surface area contributed by atoms with Crippen LogP contribution in [-0.2, 0) is 4.74 Å². The summed E-state index contributed by atoms with van der Waals surface area (Å²) in [6, 6.07) is 1.53. The Bertz CT molecular complexity index is 219. The molecule has 2 aliphatic rings. The molecule has 0 aromatic heterocycles. The SMILES string of the molecule is COC1CCC(NC2CCC(C)(C)C2)CC1. The topological polar surface area (TPSA) is 21.3 Å². The summed E-state index contributed by atoms with van der Waals surface area (Å²) in [7, 11) is 1.85. The first-order valence-electron chi connectivity index (χ1n) is 6.88. The molecule has 2 saturated carbocycles. The van der Waals surface area contributed by atoms with Gasteiger partial charge in [0.05, 0.1) is 6.10 Å². The first-order valence-corrected chi connectivity index (χ1v) is 6.88. The summed E-state index contributed by atoms with van der Waals surface area (Å²) in [5.41, 5.74) is 0.571. The van der Waals surface area contributed by atoms with Crippen molar-refractivity contribution in [2.75, 3.05) is 7.11 Å². The Hall–Kier alpha value is -0.0800. The number of hydrogen-bond donors (Lipinski definition) is 1. The molecule has 1 unspecified atom stereocenters. The Labute approximate surface area is 100 Å². The van der Waals surface area contributed by atoms with Crippen LogP contribution in [0.25, 0.3) is 0 Å². The lowest BCUT2D eigenvalue weighted by Crippen LogP contribution is -2.40. The van der Waals surface area contributed by atoms with E-state index in [-0.39, 0.29) is 0 Å². The van der Waals surface area contributed by atoms with E-state index in [4.69, 9.17) is 4.74 Å². The van der Waals surface area contributed by atoms with Crippen LogP contribution < -0.4 is 5.32 Å². The summed E-state index contributed by atoms with van der Waals surface area (Å²) in [5, 5.41) is 3.86. The van der Waals surface area contributed by atoms with Crippen molar-refractivity contribution in [1.82, 2.24) is 5.32 Å². The van der Waals surface area contributed by atoms with E-state index in [0.717, 1.165) is 12.1 Å². The van der Waals surface area contributed by atoms with Gasteiger partial charge < -0.3 is 10.1 Å². The van der Waals surface area contributed by atoms with Gasteiger partial charge in [-0.15, -0.1) is 0 Å². The van der Waals surface area contributed by atoms with Gasteiger partial charge in [0.2, 0.25) is 0 Å². The number of methoxy groups -OCH3 is 1. The molecule has 0 radical (unpaired) electrons. The van der Waals surface area contributed by atoms with Gasteiger partial charge in [0.25, 0.3) is 0 Å². The Morgan fingerprint density at radius 2 is 1.69 bits per heavy atom. The Balaban J connectivity index is 1.71. The van der Waals surface area contributed by atoms with Crippen molar-refractivity contribution in [3.8, 4) is 0 Å². The van der Waals surface area contributed by atoms with Crippen molar-refractivity contribution in [2.45, 2.75) is 77.0 Å². The second kappa shape index (κ2) is 5.05. The van der Waals surface area contributed by atoms with E-state index in [9.17, 15) is 0 Å². The molecule has 16 heavy (non-hydrogen) atoms. The maximum atomic E-state index is 5.41. The zero-order valence-corrected chi connectivity index (χ0v) is 11.1. The molecule has 0 aromatic carbocycles. The number of rotatable bonds is 3. The molecule has 0 bridgehead atoms. The van der Waals surface area contributed by atoms with Gasteiger partial charge in [0, 0.05) is 19.2 Å². The van der Waals surface area contributed by atoms with E-state index < -0.39 is 0 Å². The lowest BCUT2D eigenvalue weighted by Gasteiger charge is -2.31. The van der Waals surface area contributed by atoms with E-state index in [1.807, 2.05) is 7.11 Å². The predicted octanol–water partition coefficient (Wildman–Crippen LogP) is 3.11. The lowest BCUT2D eigenvalue weighted by molar-refractivity contribution is 0.0610. The molecule has 94 valence electrons. The molecule has 2 aliphatic carbocycles. The summed E-state index contributed by atoms with van der Waals surface area (Å²) in [6.45, 7) is 4.80. The maximum Gasteiger partial charge on any atom is 0.0572 e. The highest BCUT2D eigenvalue weighted by Gasteiger charge is 2.32. The van der Waals surface area contributed by atoms with Crippen molar-refractivity contribution in [3.63, 3.8) is 0 Å². The van der Waals surface area contributed by atoms with Crippen molar-refractivity contribution in [1.29, 1.82) is 0 Å². The van der Waals surface area contributed by atoms with Gasteiger partial charge in [-0.25, -0.2) is 0 Å². The summed E-state index contributed by atoms with van der Waals surface area (Å²) < 4.78 is 5.41. The third-order valence-corrected chi connectivity index (χ3v) is 4.45. The Morgan fingerprint density at radius 3 is 2.19 bits per heavy atom. The molecule has 2 nitrogen and oxygen atoms in total. The van der Waals surface area contributed by atoms with Gasteiger partial charge >= 0.3 is 0 Å². The average molecular weight is 225 g/mol. The van der Waals surface area contributed by atoms with Gasteiger partial charge in [0.15, 0.2) is 0 Å². The highest BCUT2D eigenvalue weighted by atomic mass is 16.5. The molecule has 1 atom stereocenters. The van der Waals surface area contributed by atoms with Gasteiger partial charge in [-0.3, -0.25) is 0 Å². The second-order valence-corrected chi connectivity index (χ2v) is 6.48. The van der Waals surface area contributed by atoms with Crippen LogP contribution in [0.15, 0.2) is 0 Å². The summed E-state index contributed by atoms with van der Waals surface area (Å²) in [6.07, 6.45) is 9.73. The van der Waals surface area contributed by atoms with E-state index in [1.165, 1.54) is 44.9 Å². The van der Waals surface area contributed by atoms with Crippen LogP contribution in [0.5, 0.6) is 0 Å². The fraction of sp³-hybridized carbons (Fsp3) is 1.00. The quantitative estimate of drug-likeness (QED) is 0.797. The normalized spacial score (nSPS) is 38.8. The first kappa shape index (κ1) is 12.4. The van der Waals surface area contributed by atoms with E-state index in [0.29, 0.717) is 11.5 Å². The van der Waals surface area contributed by atoms with E-state index >= 15 is 0 Å². The Morgan fingerprint density at radius 1 is 1.00 bits per heavy atom. The maximum absolute atomic E-state index is 5.41. The lowest BCUT2D eigenvalue weighted by atomic mass is 9.90. The standard InChI is InChI=1S/C14H27NO/c1-14(2)9-8-12(10-14)15-11-4-6-13(16-3)7-5-11/h11-13,15H,4-10H2,1-3H3. The third-order valence-electron chi connectivity index (χ3n) is 4.45. The number of hydrogen-bond acceptors (Lipinski definition) is 2. The molecule has 0 heterocycles. The predicted molar refractivity (Wildman–Crippen MR) is 67.6 cm³/mol. The zero-order chi connectivity index (χ0) is 11.6. The fourth-order valence-electron chi connectivity index (χ4n) is 3.38. The van der Waals surface area contributed by atoms with Crippen LogP contribution in [0.1, 0.15) is 58.8 Å². The van der Waals surface area contributed by atoms with Crippen LogP contribution in [-0.4, -0.2) is 25.3 Å². The molecule has 0 saturated heterocycles. The molecule has 0 spiro atoms. The monoisotopic (exact) mass is 225 g/mol. The third kappa shape index (κ3) is 3.21. The van der Waals surface area contributed by atoms with Crippen LogP contribution in [0.3, 0.4) is 0 Å². The number of ether oxygens (including phenoxy) is 1. The molecule has 0 amide bonds. The van der Waals surface area contributed by atoms with Crippen molar-refractivity contribution < 1.29 is 4.74 Å². The van der Waals surface area contributed by atoms with Crippen LogP contribution >= 0.6 is 0 Å². The van der Waals surface area contributed by atoms with Crippen LogP contribution in [0.4, 0.5) is 0 Å². The molecule has 0 aromatic rings. The minimum atomic E-state index is 0.526. The minimum Gasteiger partial charge on any atom is -0.381 e. The molecule has 2 fully saturated rings. The molecule has 0 aliphatic heterocycles. The molecule has 1 N–H and O–H groups in total. The summed E-state index contributed by atoms with van der Waals surface area (Å²) in [5.74, 6) is 0. The highest BCUT2D eigenvalue weighted by Crippen LogP contribution is 2.37. The van der Waals surface area contributed by atoms with Gasteiger partial charge in [-0.05, 0) is 50.4 Å². The second-order valence-electron chi connectivity index (χ2n) is 6.48. The molecular formula is C14H27NO. The largest absolute Gasteiger partial charge is 0.381 e. The Kier molecular flexibility index (Phi) is 3.91. The fourth-order valence-corrected chi connectivity index (χ4v) is 3.38. The van der Waals surface area contributed by atoms with Crippen molar-refractivity contribution in [3.05, 3.63) is 0 Å². The van der Waals surface area contributed by atoms with Crippen molar-refractivity contribution >= 4 is 0 Å². The van der Waals surface area contributed by atoms with Crippen LogP contribution in [0, 0.1) is 5.41 Å². The molecule has 2 rings (SSSR count). The number of nitrogens with one attached hydrogen (secondary N) is 1. The summed E-state index contributed by atoms with van der Waals surface area (Å²) in [4.78, 5) is 0. The minimum absolute atomic E-state index is 0.526. The first-order chi connectivity index (χ1) is 7.59. The smallest absolute Gasteiger partial charge is 0.0572 e. The van der Waals surface area contributed by atoms with Gasteiger partial charge in [0.1, 0.15) is 0 Å².